The van der Waals surface area contributed by atoms with Crippen molar-refractivity contribution in [1.82, 2.24) is 20.6 Å². The molecule has 0 bridgehead atoms. The van der Waals surface area contributed by atoms with Gasteiger partial charge in [-0.05, 0) is 44.0 Å². The molecule has 2 aliphatic rings. The van der Waals surface area contributed by atoms with E-state index in [1.165, 1.54) is 0 Å². The van der Waals surface area contributed by atoms with Crippen LogP contribution >= 0.6 is 11.3 Å². The lowest BCUT2D eigenvalue weighted by Gasteiger charge is -2.33. The molecule has 4 aromatic rings. The first-order valence-corrected chi connectivity index (χ1v) is 14.0. The van der Waals surface area contributed by atoms with E-state index < -0.39 is 0 Å². The molecule has 10 heteroatoms. The minimum absolute atomic E-state index is 0.00343. The van der Waals surface area contributed by atoms with Gasteiger partial charge in [0.1, 0.15) is 10.6 Å². The summed E-state index contributed by atoms with van der Waals surface area (Å²) in [7, 11) is 0. The number of benzene rings is 1. The van der Waals surface area contributed by atoms with E-state index in [1.807, 2.05) is 49.4 Å². The number of carbonyl (C=O) groups is 2. The summed E-state index contributed by atoms with van der Waals surface area (Å²) in [6, 6.07) is 15.0. The molecule has 9 nitrogen and oxygen atoms in total. The summed E-state index contributed by atoms with van der Waals surface area (Å²) in [5.74, 6) is 1.16. The highest BCUT2D eigenvalue weighted by molar-refractivity contribution is 7.19. The Balaban J connectivity index is 1.28. The average molecular weight is 543 g/mol. The minimum atomic E-state index is -0.245. The third-order valence-corrected chi connectivity index (χ3v) is 8.33. The zero-order valence-corrected chi connectivity index (χ0v) is 22.7. The maximum absolute atomic E-state index is 13.5. The lowest BCUT2D eigenvalue weighted by atomic mass is 9.90. The zero-order chi connectivity index (χ0) is 26.9. The van der Waals surface area contributed by atoms with Gasteiger partial charge in [-0.15, -0.1) is 11.3 Å². The van der Waals surface area contributed by atoms with Crippen LogP contribution in [0.2, 0.25) is 0 Å². The molecule has 4 heterocycles. The Morgan fingerprint density at radius 1 is 1.10 bits per heavy atom. The molecule has 1 fully saturated rings. The number of rotatable bonds is 7. The number of aryl methyl sites for hydroxylation is 1. The highest BCUT2D eigenvalue weighted by Gasteiger charge is 2.32. The van der Waals surface area contributed by atoms with Gasteiger partial charge in [0.15, 0.2) is 0 Å². The number of para-hydroxylation sites is 1. The molecule has 1 aliphatic heterocycles. The molecule has 1 saturated carbocycles. The van der Waals surface area contributed by atoms with Crippen molar-refractivity contribution in [2.24, 2.45) is 0 Å². The van der Waals surface area contributed by atoms with E-state index in [-0.39, 0.29) is 24.0 Å². The fourth-order valence-electron chi connectivity index (χ4n) is 5.47. The van der Waals surface area contributed by atoms with Crippen LogP contribution in [-0.4, -0.2) is 34.0 Å². The maximum Gasteiger partial charge on any atom is 0.331 e. The number of hydrogen-bond donors (Lipinski definition) is 3. The predicted octanol–water partition coefficient (Wildman–Crippen LogP) is 6.01. The normalized spacial score (nSPS) is 18.6. The van der Waals surface area contributed by atoms with Gasteiger partial charge in [0, 0.05) is 42.7 Å². The summed E-state index contributed by atoms with van der Waals surface area (Å²) < 4.78 is 5.88. The molecule has 3 N–H and O–H groups in total. The predicted molar refractivity (Wildman–Crippen MR) is 153 cm³/mol. The molecular weight excluding hydrogens is 512 g/mol. The maximum atomic E-state index is 13.5. The Morgan fingerprint density at radius 3 is 2.67 bits per heavy atom. The first-order chi connectivity index (χ1) is 19.0. The number of pyridine rings is 2. The van der Waals surface area contributed by atoms with Crippen molar-refractivity contribution in [2.45, 2.75) is 58.2 Å². The Morgan fingerprint density at radius 2 is 1.90 bits per heavy atom. The van der Waals surface area contributed by atoms with Gasteiger partial charge in [0.25, 0.3) is 0 Å². The Bertz CT molecular complexity index is 1540. The van der Waals surface area contributed by atoms with Crippen molar-refractivity contribution in [3.05, 3.63) is 65.3 Å². The second kappa shape index (κ2) is 10.6. The van der Waals surface area contributed by atoms with E-state index in [2.05, 4.69) is 25.9 Å². The second-order valence-electron chi connectivity index (χ2n) is 9.92. The minimum Gasteiger partial charge on any atom is -0.439 e. The molecule has 1 aliphatic carbocycles. The molecule has 2 atom stereocenters. The largest absolute Gasteiger partial charge is 0.439 e. The zero-order valence-electron chi connectivity index (χ0n) is 21.9. The first kappa shape index (κ1) is 25.3. The van der Waals surface area contributed by atoms with Crippen LogP contribution in [0.25, 0.3) is 10.2 Å². The van der Waals surface area contributed by atoms with Gasteiger partial charge in [-0.2, -0.15) is 0 Å². The van der Waals surface area contributed by atoms with E-state index in [0.29, 0.717) is 29.6 Å². The van der Waals surface area contributed by atoms with Crippen LogP contribution in [0.1, 0.15) is 43.2 Å². The lowest BCUT2D eigenvalue weighted by molar-refractivity contribution is -0.120. The SMILES string of the molecule is CC(=O)N[C@H]1CCCC[C@H]1NCc1sc2nccc3c2c1NC(=O)N3c1ccc(Oc2ccccc2)nc1C. The van der Waals surface area contributed by atoms with Crippen molar-refractivity contribution in [1.29, 1.82) is 0 Å². The number of amides is 3. The summed E-state index contributed by atoms with van der Waals surface area (Å²) in [6.45, 7) is 4.02. The van der Waals surface area contributed by atoms with Crippen molar-refractivity contribution in [2.75, 3.05) is 10.2 Å². The van der Waals surface area contributed by atoms with Crippen LogP contribution in [0.3, 0.4) is 0 Å². The number of anilines is 3. The molecular formula is C29H30N6O3S. The van der Waals surface area contributed by atoms with Crippen LogP contribution in [0.15, 0.2) is 54.7 Å². The molecule has 1 aromatic carbocycles. The fourth-order valence-corrected chi connectivity index (χ4v) is 6.54. The van der Waals surface area contributed by atoms with Gasteiger partial charge in [-0.3, -0.25) is 9.69 Å². The first-order valence-electron chi connectivity index (χ1n) is 13.2. The number of aromatic nitrogens is 2. The summed E-state index contributed by atoms with van der Waals surface area (Å²) in [5, 5.41) is 10.8. The topological polar surface area (TPSA) is 108 Å². The second-order valence-corrected chi connectivity index (χ2v) is 11.0. The molecule has 200 valence electrons. The van der Waals surface area contributed by atoms with Gasteiger partial charge >= 0.3 is 6.03 Å². The fraction of sp³-hybridized carbons (Fsp3) is 0.310. The summed E-state index contributed by atoms with van der Waals surface area (Å²) in [5.41, 5.74) is 2.92. The summed E-state index contributed by atoms with van der Waals surface area (Å²) in [6.07, 6.45) is 5.96. The third-order valence-electron chi connectivity index (χ3n) is 7.24. The van der Waals surface area contributed by atoms with Gasteiger partial charge in [-0.1, -0.05) is 31.0 Å². The van der Waals surface area contributed by atoms with Crippen LogP contribution in [0.4, 0.5) is 21.9 Å². The number of hydrogen-bond acceptors (Lipinski definition) is 7. The molecule has 0 unspecified atom stereocenters. The van der Waals surface area contributed by atoms with Crippen molar-refractivity contribution in [3.8, 4) is 11.6 Å². The van der Waals surface area contributed by atoms with Crippen LogP contribution in [-0.2, 0) is 11.3 Å². The quantitative estimate of drug-likeness (QED) is 0.264. The highest BCUT2D eigenvalue weighted by atomic mass is 32.1. The van der Waals surface area contributed by atoms with E-state index in [0.717, 1.165) is 52.2 Å². The highest BCUT2D eigenvalue weighted by Crippen LogP contribution is 2.46. The van der Waals surface area contributed by atoms with Gasteiger partial charge in [0.05, 0.1) is 28.1 Å². The number of ether oxygens (including phenoxy) is 1. The van der Waals surface area contributed by atoms with Crippen LogP contribution in [0, 0.1) is 6.92 Å². The van der Waals surface area contributed by atoms with Crippen molar-refractivity contribution < 1.29 is 14.3 Å². The molecule has 0 saturated heterocycles. The van der Waals surface area contributed by atoms with E-state index in [1.54, 1.807) is 35.4 Å². The molecule has 3 amide bonds. The Kier molecular flexibility index (Phi) is 6.88. The van der Waals surface area contributed by atoms with Crippen molar-refractivity contribution >= 4 is 50.6 Å². The van der Waals surface area contributed by atoms with E-state index in [9.17, 15) is 9.59 Å². The number of nitrogens with one attached hydrogen (secondary N) is 3. The third kappa shape index (κ3) is 5.05. The van der Waals surface area contributed by atoms with Gasteiger partial charge in [-0.25, -0.2) is 14.8 Å². The Labute approximate surface area is 230 Å². The lowest BCUT2D eigenvalue weighted by Crippen LogP contribution is -2.50. The average Bonchev–Trinajstić information content (AvgIpc) is 3.27. The smallest absolute Gasteiger partial charge is 0.331 e. The summed E-state index contributed by atoms with van der Waals surface area (Å²) in [4.78, 5) is 38.0. The van der Waals surface area contributed by atoms with E-state index in [4.69, 9.17) is 4.74 Å². The standard InChI is InChI=1S/C29H30N6O3S/c1-17-22(12-13-25(32-17)38-19-8-4-3-5-9-19)35-23-14-15-30-28-26(23)27(34-29(35)37)24(39-28)16-31-20-10-6-7-11-21(20)33-18(2)36/h3-5,8-9,12-15,20-21,31H,6-7,10-11,16H2,1-2H3,(H,33,36)(H,34,37)/t20-,21+/m1/s1. The molecule has 0 spiro atoms. The van der Waals surface area contributed by atoms with Gasteiger partial charge < -0.3 is 20.7 Å². The number of nitrogens with zero attached hydrogens (tertiary/aromatic N) is 3. The van der Waals surface area contributed by atoms with Gasteiger partial charge in [0.2, 0.25) is 11.8 Å². The molecule has 0 radical (unpaired) electrons. The van der Waals surface area contributed by atoms with Crippen LogP contribution in [0.5, 0.6) is 11.6 Å². The number of thiophene rings is 1. The summed E-state index contributed by atoms with van der Waals surface area (Å²) >= 11 is 1.58. The molecule has 39 heavy (non-hydrogen) atoms. The number of urea groups is 1. The van der Waals surface area contributed by atoms with Crippen molar-refractivity contribution in [3.63, 3.8) is 0 Å². The molecule has 3 aromatic heterocycles. The Hall–Kier alpha value is -4.02. The number of carbonyl (C=O) groups excluding carboxylic acids is 2. The van der Waals surface area contributed by atoms with E-state index >= 15 is 0 Å². The monoisotopic (exact) mass is 542 g/mol. The molecule has 6 rings (SSSR count). The van der Waals surface area contributed by atoms with Crippen LogP contribution < -0.4 is 25.6 Å².